The molecule has 2 heterocycles. The third kappa shape index (κ3) is 2.26. The lowest BCUT2D eigenvalue weighted by Crippen LogP contribution is -2.30. The fourth-order valence-electron chi connectivity index (χ4n) is 3.21. The van der Waals surface area contributed by atoms with Gasteiger partial charge in [-0.2, -0.15) is 0 Å². The van der Waals surface area contributed by atoms with Gasteiger partial charge in [0, 0.05) is 24.8 Å². The highest BCUT2D eigenvalue weighted by Crippen LogP contribution is 2.29. The molecule has 2 aliphatic rings. The Balaban J connectivity index is 2.02. The number of nitrogens with zero attached hydrogens (tertiary/aromatic N) is 2. The predicted molar refractivity (Wildman–Crippen MR) is 78.7 cm³/mol. The van der Waals surface area contributed by atoms with Gasteiger partial charge in [-0.15, -0.1) is 0 Å². The third-order valence-electron chi connectivity index (χ3n) is 4.52. The van der Waals surface area contributed by atoms with E-state index in [2.05, 4.69) is 11.8 Å². The van der Waals surface area contributed by atoms with Crippen molar-refractivity contribution in [3.8, 4) is 0 Å². The van der Waals surface area contributed by atoms with Gasteiger partial charge in [-0.3, -0.25) is 4.79 Å². The highest BCUT2D eigenvalue weighted by molar-refractivity contribution is 5.98. The van der Waals surface area contributed by atoms with Gasteiger partial charge in [0.25, 0.3) is 5.91 Å². The van der Waals surface area contributed by atoms with Crippen LogP contribution in [-0.2, 0) is 12.8 Å². The Morgan fingerprint density at radius 2 is 2.10 bits per heavy atom. The number of amides is 1. The summed E-state index contributed by atoms with van der Waals surface area (Å²) in [4.78, 5) is 18.6. The maximum Gasteiger partial charge on any atom is 0.252 e. The van der Waals surface area contributed by atoms with Gasteiger partial charge in [0.05, 0.1) is 5.56 Å². The molecule has 108 valence electrons. The van der Waals surface area contributed by atoms with Gasteiger partial charge in [0.1, 0.15) is 5.82 Å². The fourth-order valence-corrected chi connectivity index (χ4v) is 3.21. The maximum atomic E-state index is 11.8. The molecule has 1 aliphatic carbocycles. The SMILES string of the molecule is CC1CN(c2nc3c(cc2C(N)=O)CCCC3)CC1N. The number of pyridine rings is 1. The van der Waals surface area contributed by atoms with Crippen LogP contribution in [0.1, 0.15) is 41.4 Å². The van der Waals surface area contributed by atoms with Crippen molar-refractivity contribution in [1.82, 2.24) is 4.98 Å². The Labute approximate surface area is 119 Å². The molecular formula is C15H22N4O. The van der Waals surface area contributed by atoms with Crippen molar-refractivity contribution in [2.24, 2.45) is 17.4 Å². The van der Waals surface area contributed by atoms with Crippen molar-refractivity contribution in [3.63, 3.8) is 0 Å². The molecule has 0 bridgehead atoms. The molecular weight excluding hydrogens is 252 g/mol. The summed E-state index contributed by atoms with van der Waals surface area (Å²) >= 11 is 0. The van der Waals surface area contributed by atoms with Crippen molar-refractivity contribution >= 4 is 11.7 Å². The van der Waals surface area contributed by atoms with Crippen LogP contribution in [0.3, 0.4) is 0 Å². The van der Waals surface area contributed by atoms with Crippen LogP contribution < -0.4 is 16.4 Å². The second kappa shape index (κ2) is 5.05. The molecule has 1 amide bonds. The summed E-state index contributed by atoms with van der Waals surface area (Å²) in [5, 5.41) is 0. The molecule has 0 aromatic carbocycles. The summed E-state index contributed by atoms with van der Waals surface area (Å²) in [5.74, 6) is 0.750. The summed E-state index contributed by atoms with van der Waals surface area (Å²) in [5.41, 5.74) is 14.5. The van der Waals surface area contributed by atoms with Gasteiger partial charge in [0.2, 0.25) is 0 Å². The average molecular weight is 274 g/mol. The Hall–Kier alpha value is -1.62. The van der Waals surface area contributed by atoms with Crippen molar-refractivity contribution in [1.29, 1.82) is 0 Å². The number of hydrogen-bond donors (Lipinski definition) is 2. The monoisotopic (exact) mass is 274 g/mol. The number of primary amides is 1. The molecule has 0 spiro atoms. The van der Waals surface area contributed by atoms with E-state index in [4.69, 9.17) is 16.5 Å². The normalized spacial score (nSPS) is 25.6. The van der Waals surface area contributed by atoms with Gasteiger partial charge < -0.3 is 16.4 Å². The van der Waals surface area contributed by atoms with Crippen molar-refractivity contribution < 1.29 is 4.79 Å². The number of aromatic nitrogens is 1. The zero-order valence-corrected chi connectivity index (χ0v) is 11.9. The minimum Gasteiger partial charge on any atom is -0.365 e. The molecule has 5 heteroatoms. The number of nitrogens with two attached hydrogens (primary N) is 2. The largest absolute Gasteiger partial charge is 0.365 e. The summed E-state index contributed by atoms with van der Waals surface area (Å²) in [6, 6.07) is 2.08. The summed E-state index contributed by atoms with van der Waals surface area (Å²) in [7, 11) is 0. The Morgan fingerprint density at radius 1 is 1.35 bits per heavy atom. The molecule has 0 radical (unpaired) electrons. The molecule has 3 rings (SSSR count). The van der Waals surface area contributed by atoms with Crippen LogP contribution in [0.5, 0.6) is 0 Å². The lowest BCUT2D eigenvalue weighted by atomic mass is 9.94. The number of hydrogen-bond acceptors (Lipinski definition) is 4. The van der Waals surface area contributed by atoms with Gasteiger partial charge in [-0.05, 0) is 43.2 Å². The molecule has 1 fully saturated rings. The van der Waals surface area contributed by atoms with E-state index in [1.807, 2.05) is 6.07 Å². The van der Waals surface area contributed by atoms with Crippen LogP contribution in [-0.4, -0.2) is 30.0 Å². The molecule has 0 saturated carbocycles. The molecule has 2 unspecified atom stereocenters. The number of aryl methyl sites for hydroxylation is 2. The second-order valence-corrected chi connectivity index (χ2v) is 6.08. The molecule has 20 heavy (non-hydrogen) atoms. The Bertz CT molecular complexity index is 533. The van der Waals surface area contributed by atoms with Crippen LogP contribution >= 0.6 is 0 Å². The van der Waals surface area contributed by atoms with Gasteiger partial charge in [-0.1, -0.05) is 6.92 Å². The van der Waals surface area contributed by atoms with Crippen molar-refractivity contribution in [2.45, 2.75) is 38.6 Å². The molecule has 4 N–H and O–H groups in total. The van der Waals surface area contributed by atoms with E-state index in [-0.39, 0.29) is 6.04 Å². The van der Waals surface area contributed by atoms with Crippen molar-refractivity contribution in [3.05, 3.63) is 22.9 Å². The fraction of sp³-hybridized carbons (Fsp3) is 0.600. The second-order valence-electron chi connectivity index (χ2n) is 6.08. The van der Waals surface area contributed by atoms with E-state index >= 15 is 0 Å². The highest BCUT2D eigenvalue weighted by atomic mass is 16.1. The van der Waals surface area contributed by atoms with Crippen LogP contribution in [0, 0.1) is 5.92 Å². The van der Waals surface area contributed by atoms with E-state index in [0.29, 0.717) is 11.5 Å². The zero-order chi connectivity index (χ0) is 14.3. The topological polar surface area (TPSA) is 85.2 Å². The van der Waals surface area contributed by atoms with E-state index in [1.54, 1.807) is 0 Å². The van der Waals surface area contributed by atoms with E-state index < -0.39 is 5.91 Å². The Morgan fingerprint density at radius 3 is 2.75 bits per heavy atom. The summed E-state index contributed by atoms with van der Waals surface area (Å²) in [6.45, 7) is 3.72. The van der Waals surface area contributed by atoms with E-state index in [1.165, 1.54) is 12.0 Å². The first kappa shape index (κ1) is 13.4. The Kier molecular flexibility index (Phi) is 3.38. The number of fused-ring (bicyclic) bond motifs is 1. The van der Waals surface area contributed by atoms with E-state index in [9.17, 15) is 4.79 Å². The maximum absolute atomic E-state index is 11.8. The number of anilines is 1. The molecule has 2 atom stereocenters. The lowest BCUT2D eigenvalue weighted by molar-refractivity contribution is 0.100. The van der Waals surface area contributed by atoms with Crippen LogP contribution in [0.15, 0.2) is 6.07 Å². The predicted octanol–water partition coefficient (Wildman–Crippen LogP) is 0.843. The molecule has 5 nitrogen and oxygen atoms in total. The first-order valence-corrected chi connectivity index (χ1v) is 7.39. The van der Waals surface area contributed by atoms with Crippen LogP contribution in [0.4, 0.5) is 5.82 Å². The van der Waals surface area contributed by atoms with Crippen LogP contribution in [0.2, 0.25) is 0 Å². The lowest BCUT2D eigenvalue weighted by Gasteiger charge is -2.23. The van der Waals surface area contributed by atoms with Gasteiger partial charge in [0.15, 0.2) is 0 Å². The van der Waals surface area contributed by atoms with Crippen LogP contribution in [0.25, 0.3) is 0 Å². The van der Waals surface area contributed by atoms with Gasteiger partial charge >= 0.3 is 0 Å². The number of rotatable bonds is 2. The van der Waals surface area contributed by atoms with E-state index in [0.717, 1.165) is 43.9 Å². The minimum atomic E-state index is -0.394. The minimum absolute atomic E-state index is 0.133. The standard InChI is InChI=1S/C15H22N4O/c1-9-7-19(8-12(9)16)15-11(14(17)20)6-10-4-2-3-5-13(10)18-15/h6,9,12H,2-5,7-8,16H2,1H3,(H2,17,20). The highest BCUT2D eigenvalue weighted by Gasteiger charge is 2.30. The number of carbonyl (C=O) groups is 1. The number of carbonyl (C=O) groups excluding carboxylic acids is 1. The molecule has 1 aromatic rings. The average Bonchev–Trinajstić information content (AvgIpc) is 2.77. The van der Waals surface area contributed by atoms with Crippen molar-refractivity contribution in [2.75, 3.05) is 18.0 Å². The zero-order valence-electron chi connectivity index (χ0n) is 11.9. The molecule has 1 aliphatic heterocycles. The summed E-state index contributed by atoms with van der Waals surface area (Å²) < 4.78 is 0. The molecule has 1 aromatic heterocycles. The molecule has 1 saturated heterocycles. The first-order valence-electron chi connectivity index (χ1n) is 7.39. The first-order chi connectivity index (χ1) is 9.56. The van der Waals surface area contributed by atoms with Gasteiger partial charge in [-0.25, -0.2) is 4.98 Å². The third-order valence-corrected chi connectivity index (χ3v) is 4.52. The summed E-state index contributed by atoms with van der Waals surface area (Å²) in [6.07, 6.45) is 4.33. The quantitative estimate of drug-likeness (QED) is 0.837. The smallest absolute Gasteiger partial charge is 0.252 e.